The highest BCUT2D eigenvalue weighted by Gasteiger charge is 2.41. The van der Waals surface area contributed by atoms with Gasteiger partial charge in [-0.05, 0) is 42.0 Å². The van der Waals surface area contributed by atoms with Gasteiger partial charge in [-0.1, -0.05) is 56.3 Å². The predicted octanol–water partition coefficient (Wildman–Crippen LogP) is 4.29. The summed E-state index contributed by atoms with van der Waals surface area (Å²) in [6.45, 7) is 8.93. The van der Waals surface area contributed by atoms with Gasteiger partial charge in [-0.15, -0.1) is 0 Å². The summed E-state index contributed by atoms with van der Waals surface area (Å²) < 4.78 is 33.6. The van der Waals surface area contributed by atoms with Gasteiger partial charge in [0, 0.05) is 43.9 Å². The summed E-state index contributed by atoms with van der Waals surface area (Å²) in [5, 5.41) is 0. The van der Waals surface area contributed by atoms with Crippen molar-refractivity contribution in [2.75, 3.05) is 37.7 Å². The lowest BCUT2D eigenvalue weighted by molar-refractivity contribution is 0.160. The fraction of sp³-hybridized carbons (Fsp3) is 0.520. The van der Waals surface area contributed by atoms with E-state index in [9.17, 15) is 8.42 Å². The van der Waals surface area contributed by atoms with Gasteiger partial charge < -0.3 is 9.64 Å². The summed E-state index contributed by atoms with van der Waals surface area (Å²) in [7, 11) is -3.40. The molecule has 2 aromatic carbocycles. The van der Waals surface area contributed by atoms with Gasteiger partial charge in [0.1, 0.15) is 0 Å². The summed E-state index contributed by atoms with van der Waals surface area (Å²) in [6, 6.07) is 17.9. The topological polar surface area (TPSA) is 49.9 Å². The highest BCUT2D eigenvalue weighted by Crippen LogP contribution is 2.40. The first-order valence-corrected chi connectivity index (χ1v) is 12.9. The first kappa shape index (κ1) is 22.3. The van der Waals surface area contributed by atoms with E-state index in [4.69, 9.17) is 4.74 Å². The zero-order chi connectivity index (χ0) is 21.9. The fourth-order valence-electron chi connectivity index (χ4n) is 4.70. The lowest BCUT2D eigenvalue weighted by atomic mass is 9.87. The molecule has 2 heterocycles. The van der Waals surface area contributed by atoms with E-state index in [1.807, 2.05) is 30.3 Å². The third-order valence-electron chi connectivity index (χ3n) is 6.44. The Kier molecular flexibility index (Phi) is 6.70. The Morgan fingerprint density at radius 1 is 1.03 bits per heavy atom. The molecule has 0 bridgehead atoms. The lowest BCUT2D eigenvalue weighted by Crippen LogP contribution is -2.34. The van der Waals surface area contributed by atoms with Crippen molar-refractivity contribution in [2.24, 2.45) is 11.3 Å². The van der Waals surface area contributed by atoms with Gasteiger partial charge in [0.15, 0.2) is 0 Å². The van der Waals surface area contributed by atoms with E-state index in [0.717, 1.165) is 43.9 Å². The van der Waals surface area contributed by atoms with Gasteiger partial charge in [0.25, 0.3) is 0 Å². The molecule has 2 aliphatic heterocycles. The molecule has 1 atom stereocenters. The molecule has 0 N–H and O–H groups in total. The monoisotopic (exact) mass is 442 g/mol. The summed E-state index contributed by atoms with van der Waals surface area (Å²) in [6.07, 6.45) is 2.35. The number of ether oxygens (including phenoxy) is 1. The van der Waals surface area contributed by atoms with Gasteiger partial charge in [-0.3, -0.25) is 0 Å². The van der Waals surface area contributed by atoms with Gasteiger partial charge in [0.05, 0.1) is 12.4 Å². The minimum absolute atomic E-state index is 0.0383. The molecule has 168 valence electrons. The zero-order valence-electron chi connectivity index (χ0n) is 18.7. The Morgan fingerprint density at radius 2 is 1.77 bits per heavy atom. The van der Waals surface area contributed by atoms with Crippen molar-refractivity contribution in [3.63, 3.8) is 0 Å². The van der Waals surface area contributed by atoms with Crippen LogP contribution in [0.1, 0.15) is 37.8 Å². The number of nitrogens with zero attached hydrogens (tertiary/aromatic N) is 2. The van der Waals surface area contributed by atoms with Crippen molar-refractivity contribution >= 4 is 15.7 Å². The molecular weight excluding hydrogens is 408 g/mol. The number of hydrogen-bond acceptors (Lipinski definition) is 4. The maximum atomic E-state index is 13.2. The van der Waals surface area contributed by atoms with Crippen LogP contribution in [0.2, 0.25) is 0 Å². The molecule has 0 aromatic heterocycles. The molecule has 0 aliphatic carbocycles. The highest BCUT2D eigenvalue weighted by atomic mass is 32.2. The molecule has 2 fully saturated rings. The average Bonchev–Trinajstić information content (AvgIpc) is 3.38. The maximum Gasteiger partial charge on any atom is 0.218 e. The Balaban J connectivity index is 1.45. The number of rotatable bonds is 8. The molecule has 1 spiro atoms. The van der Waals surface area contributed by atoms with Gasteiger partial charge >= 0.3 is 0 Å². The van der Waals surface area contributed by atoms with Crippen LogP contribution < -0.4 is 4.90 Å². The van der Waals surface area contributed by atoms with Crippen molar-refractivity contribution in [3.8, 4) is 0 Å². The van der Waals surface area contributed by atoms with Crippen LogP contribution in [0.25, 0.3) is 0 Å². The Hall–Kier alpha value is -1.89. The first-order chi connectivity index (χ1) is 14.9. The standard InChI is InChI=1S/C25H34N2O3S/c1-21(2)16-27(31(28,29)18-23-6-4-3-5-7-23)17-22-8-10-24(11-9-22)26-14-12-25(19-26)13-15-30-20-25/h3-11,21H,12-20H2,1-2H3. The van der Waals surface area contributed by atoms with E-state index in [2.05, 4.69) is 43.0 Å². The van der Waals surface area contributed by atoms with Gasteiger partial charge in [-0.25, -0.2) is 8.42 Å². The highest BCUT2D eigenvalue weighted by molar-refractivity contribution is 7.88. The molecule has 2 saturated heterocycles. The quantitative estimate of drug-likeness (QED) is 0.612. The predicted molar refractivity (Wildman–Crippen MR) is 125 cm³/mol. The van der Waals surface area contributed by atoms with Crippen molar-refractivity contribution in [1.29, 1.82) is 0 Å². The van der Waals surface area contributed by atoms with E-state index in [1.54, 1.807) is 4.31 Å². The molecular formula is C25H34N2O3S. The van der Waals surface area contributed by atoms with E-state index in [0.29, 0.717) is 18.5 Å². The van der Waals surface area contributed by atoms with Crippen molar-refractivity contribution < 1.29 is 13.2 Å². The second-order valence-electron chi connectivity index (χ2n) is 9.57. The van der Waals surface area contributed by atoms with Crippen LogP contribution in [0.15, 0.2) is 54.6 Å². The number of hydrogen-bond donors (Lipinski definition) is 0. The smallest absolute Gasteiger partial charge is 0.218 e. The van der Waals surface area contributed by atoms with Gasteiger partial charge in [0.2, 0.25) is 10.0 Å². The van der Waals surface area contributed by atoms with E-state index < -0.39 is 10.0 Å². The minimum atomic E-state index is -3.40. The molecule has 0 radical (unpaired) electrons. The van der Waals surface area contributed by atoms with Crippen molar-refractivity contribution in [2.45, 2.75) is 39.0 Å². The second kappa shape index (κ2) is 9.31. The first-order valence-electron chi connectivity index (χ1n) is 11.3. The Labute approximate surface area is 187 Å². The third-order valence-corrected chi connectivity index (χ3v) is 8.20. The molecule has 0 amide bonds. The molecule has 2 aromatic rings. The molecule has 0 saturated carbocycles. The van der Waals surface area contributed by atoms with Crippen molar-refractivity contribution in [3.05, 3.63) is 65.7 Å². The molecule has 4 rings (SSSR count). The van der Waals surface area contributed by atoms with E-state index >= 15 is 0 Å². The molecule has 5 nitrogen and oxygen atoms in total. The molecule has 2 aliphatic rings. The largest absolute Gasteiger partial charge is 0.381 e. The zero-order valence-corrected chi connectivity index (χ0v) is 19.5. The van der Waals surface area contributed by atoms with Crippen molar-refractivity contribution in [1.82, 2.24) is 4.31 Å². The SMILES string of the molecule is CC(C)CN(Cc1ccc(N2CCC3(CCOC3)C2)cc1)S(=O)(=O)Cc1ccccc1. The lowest BCUT2D eigenvalue weighted by Gasteiger charge is -2.25. The summed E-state index contributed by atoms with van der Waals surface area (Å²) in [5.41, 5.74) is 3.40. The van der Waals surface area contributed by atoms with Crippen LogP contribution in [0.5, 0.6) is 0 Å². The molecule has 6 heteroatoms. The summed E-state index contributed by atoms with van der Waals surface area (Å²) in [4.78, 5) is 2.44. The number of anilines is 1. The van der Waals surface area contributed by atoms with Crippen LogP contribution in [0, 0.1) is 11.3 Å². The number of benzene rings is 2. The van der Waals surface area contributed by atoms with Gasteiger partial charge in [-0.2, -0.15) is 4.31 Å². The second-order valence-corrected chi connectivity index (χ2v) is 11.5. The minimum Gasteiger partial charge on any atom is -0.381 e. The fourth-order valence-corrected chi connectivity index (χ4v) is 6.37. The normalized spacial score (nSPS) is 21.6. The van der Waals surface area contributed by atoms with Crippen LogP contribution in [-0.2, 0) is 27.1 Å². The van der Waals surface area contributed by atoms with Crippen LogP contribution in [-0.4, -0.2) is 45.6 Å². The summed E-state index contributed by atoms with van der Waals surface area (Å²) >= 11 is 0. The Morgan fingerprint density at radius 3 is 2.42 bits per heavy atom. The average molecular weight is 443 g/mol. The van der Waals surface area contributed by atoms with E-state index in [-0.39, 0.29) is 11.7 Å². The Bertz CT molecular complexity index is 952. The van der Waals surface area contributed by atoms with Crippen LogP contribution in [0.4, 0.5) is 5.69 Å². The van der Waals surface area contributed by atoms with E-state index in [1.165, 1.54) is 12.1 Å². The summed E-state index contributed by atoms with van der Waals surface area (Å²) in [5.74, 6) is 0.301. The third kappa shape index (κ3) is 5.48. The van der Waals surface area contributed by atoms with Crippen LogP contribution >= 0.6 is 0 Å². The maximum absolute atomic E-state index is 13.2. The molecule has 1 unspecified atom stereocenters. The number of sulfonamides is 1. The van der Waals surface area contributed by atoms with Crippen LogP contribution in [0.3, 0.4) is 0 Å². The molecule has 31 heavy (non-hydrogen) atoms.